The summed E-state index contributed by atoms with van der Waals surface area (Å²) in [6.45, 7) is 1.83. The number of nitrogens with one attached hydrogen (secondary N) is 2. The van der Waals surface area contributed by atoms with Gasteiger partial charge in [0.05, 0.1) is 11.4 Å². The Hall–Kier alpha value is -1.82. The topological polar surface area (TPSA) is 57.8 Å². The number of amides is 1. The summed E-state index contributed by atoms with van der Waals surface area (Å²) in [4.78, 5) is 11.2. The third-order valence-electron chi connectivity index (χ3n) is 2.54. The van der Waals surface area contributed by atoms with E-state index >= 15 is 0 Å². The van der Waals surface area contributed by atoms with Crippen LogP contribution in [0.4, 0.5) is 10.2 Å². The number of nitrogens with zero attached hydrogens (tertiary/aromatic N) is 1. The zero-order valence-electron chi connectivity index (χ0n) is 9.70. The van der Waals surface area contributed by atoms with Gasteiger partial charge >= 0.3 is 0 Å². The highest BCUT2D eigenvalue weighted by atomic mass is 32.1. The Morgan fingerprint density at radius 2 is 2.11 bits per heavy atom. The molecular weight excluding hydrogens is 253 g/mol. The first kappa shape index (κ1) is 12.6. The molecule has 4 nitrogen and oxygen atoms in total. The second-order valence-electron chi connectivity index (χ2n) is 3.79. The molecule has 0 saturated carbocycles. The molecule has 0 aliphatic carbocycles. The number of carbonyl (C=O) groups is 1. The van der Waals surface area contributed by atoms with Gasteiger partial charge in [-0.15, -0.1) is 0 Å². The lowest BCUT2D eigenvalue weighted by molar-refractivity contribution is -0.113. The molecule has 1 amide bonds. The first-order chi connectivity index (χ1) is 8.61. The highest BCUT2D eigenvalue weighted by molar-refractivity contribution is 7.81. The van der Waals surface area contributed by atoms with E-state index in [-0.39, 0.29) is 17.5 Å². The highest BCUT2D eigenvalue weighted by Crippen LogP contribution is 2.25. The van der Waals surface area contributed by atoms with Gasteiger partial charge in [0.1, 0.15) is 5.82 Å². The molecular formula is C12H12FN3OS. The summed E-state index contributed by atoms with van der Waals surface area (Å²) in [6.07, 6.45) is 0. The van der Waals surface area contributed by atoms with Gasteiger partial charge in [0.25, 0.3) is 0 Å². The summed E-state index contributed by atoms with van der Waals surface area (Å²) in [5.41, 5.74) is 2.37. The number of carbonyl (C=O) groups excluding carboxylic acids is 1. The van der Waals surface area contributed by atoms with Crippen LogP contribution in [0, 0.1) is 12.7 Å². The minimum atomic E-state index is -0.292. The molecule has 0 unspecified atom stereocenters. The average Bonchev–Trinajstić information content (AvgIpc) is 2.72. The molecule has 0 aliphatic heterocycles. The fraction of sp³-hybridized carbons (Fsp3) is 0.167. The summed E-state index contributed by atoms with van der Waals surface area (Å²) in [7, 11) is 0. The van der Waals surface area contributed by atoms with Crippen LogP contribution in [-0.4, -0.2) is 21.9 Å². The van der Waals surface area contributed by atoms with Gasteiger partial charge in [-0.2, -0.15) is 17.7 Å². The molecule has 1 aromatic carbocycles. The summed E-state index contributed by atoms with van der Waals surface area (Å²) >= 11 is 3.88. The molecule has 0 aliphatic rings. The van der Waals surface area contributed by atoms with E-state index in [0.717, 1.165) is 16.8 Å². The number of rotatable bonds is 3. The van der Waals surface area contributed by atoms with E-state index in [1.54, 1.807) is 12.1 Å². The van der Waals surface area contributed by atoms with Gasteiger partial charge in [-0.05, 0) is 31.2 Å². The Labute approximate surface area is 109 Å². The van der Waals surface area contributed by atoms with Crippen molar-refractivity contribution in [3.63, 3.8) is 0 Å². The van der Waals surface area contributed by atoms with Gasteiger partial charge in [0.2, 0.25) is 5.91 Å². The van der Waals surface area contributed by atoms with E-state index in [1.165, 1.54) is 12.1 Å². The summed E-state index contributed by atoms with van der Waals surface area (Å²) in [5, 5.41) is 9.47. The molecule has 2 N–H and O–H groups in total. The van der Waals surface area contributed by atoms with Crippen LogP contribution in [0.1, 0.15) is 5.56 Å². The monoisotopic (exact) mass is 265 g/mol. The van der Waals surface area contributed by atoms with E-state index in [1.807, 2.05) is 6.92 Å². The van der Waals surface area contributed by atoms with Gasteiger partial charge in [0.15, 0.2) is 5.82 Å². The Kier molecular flexibility index (Phi) is 3.66. The lowest BCUT2D eigenvalue weighted by Crippen LogP contribution is -2.13. The van der Waals surface area contributed by atoms with Gasteiger partial charge in [-0.25, -0.2) is 4.39 Å². The minimum absolute atomic E-state index is 0.0954. The van der Waals surface area contributed by atoms with Crippen LogP contribution in [0.2, 0.25) is 0 Å². The number of hydrogen-bond acceptors (Lipinski definition) is 3. The first-order valence-corrected chi connectivity index (χ1v) is 5.96. The van der Waals surface area contributed by atoms with E-state index in [2.05, 4.69) is 28.1 Å². The number of benzene rings is 1. The molecule has 0 fully saturated rings. The third-order valence-corrected chi connectivity index (χ3v) is 2.83. The molecule has 18 heavy (non-hydrogen) atoms. The molecule has 1 aromatic heterocycles. The van der Waals surface area contributed by atoms with Crippen molar-refractivity contribution in [3.05, 3.63) is 35.6 Å². The SMILES string of the molecule is Cc1c(NC(=O)CS)n[nH]c1-c1ccc(F)cc1. The van der Waals surface area contributed by atoms with Crippen molar-refractivity contribution in [3.8, 4) is 11.3 Å². The van der Waals surface area contributed by atoms with E-state index < -0.39 is 0 Å². The standard InChI is InChI=1S/C12H12FN3OS/c1-7-11(8-2-4-9(13)5-3-8)15-16-12(7)14-10(17)6-18/h2-5,18H,6H2,1H3,(H2,14,15,16,17). The molecule has 0 atom stereocenters. The Bertz CT molecular complexity index is 565. The van der Waals surface area contributed by atoms with Crippen LogP contribution in [-0.2, 0) is 4.79 Å². The number of aromatic amines is 1. The summed E-state index contributed by atoms with van der Waals surface area (Å²) in [6, 6.07) is 6.06. The van der Waals surface area contributed by atoms with Crippen molar-refractivity contribution in [1.29, 1.82) is 0 Å². The van der Waals surface area contributed by atoms with Crippen molar-refractivity contribution in [2.45, 2.75) is 6.92 Å². The molecule has 0 bridgehead atoms. The lowest BCUT2D eigenvalue weighted by atomic mass is 10.1. The number of H-pyrrole nitrogens is 1. The molecule has 0 radical (unpaired) electrons. The van der Waals surface area contributed by atoms with Gasteiger partial charge in [-0.1, -0.05) is 0 Å². The van der Waals surface area contributed by atoms with Crippen molar-refractivity contribution >= 4 is 24.4 Å². The number of hydrogen-bond donors (Lipinski definition) is 3. The number of anilines is 1. The number of halogens is 1. The Morgan fingerprint density at radius 3 is 2.72 bits per heavy atom. The van der Waals surface area contributed by atoms with Crippen molar-refractivity contribution in [2.75, 3.05) is 11.1 Å². The highest BCUT2D eigenvalue weighted by Gasteiger charge is 2.12. The number of thiol groups is 1. The van der Waals surface area contributed by atoms with E-state index in [0.29, 0.717) is 5.82 Å². The average molecular weight is 265 g/mol. The van der Waals surface area contributed by atoms with Crippen LogP contribution in [0.3, 0.4) is 0 Å². The van der Waals surface area contributed by atoms with E-state index in [9.17, 15) is 9.18 Å². The third kappa shape index (κ3) is 2.53. The maximum Gasteiger partial charge on any atom is 0.235 e. The summed E-state index contributed by atoms with van der Waals surface area (Å²) < 4.78 is 12.8. The maximum absolute atomic E-state index is 12.8. The normalized spacial score (nSPS) is 10.4. The van der Waals surface area contributed by atoms with Crippen molar-refractivity contribution < 1.29 is 9.18 Å². The quantitative estimate of drug-likeness (QED) is 0.746. The van der Waals surface area contributed by atoms with E-state index in [4.69, 9.17) is 0 Å². The van der Waals surface area contributed by atoms with Crippen molar-refractivity contribution in [1.82, 2.24) is 10.2 Å². The molecule has 2 rings (SSSR count). The fourth-order valence-electron chi connectivity index (χ4n) is 1.59. The zero-order valence-corrected chi connectivity index (χ0v) is 10.6. The molecule has 1 heterocycles. The minimum Gasteiger partial charge on any atom is -0.308 e. The summed E-state index contributed by atoms with van der Waals surface area (Å²) in [5.74, 6) is 0.0459. The first-order valence-electron chi connectivity index (χ1n) is 5.33. The second kappa shape index (κ2) is 5.22. The lowest BCUT2D eigenvalue weighted by Gasteiger charge is -2.01. The molecule has 6 heteroatoms. The Morgan fingerprint density at radius 1 is 1.44 bits per heavy atom. The maximum atomic E-state index is 12.8. The molecule has 0 spiro atoms. The predicted octanol–water partition coefficient (Wildman–Crippen LogP) is 2.39. The number of aromatic nitrogens is 2. The van der Waals surface area contributed by atoms with Crippen LogP contribution < -0.4 is 5.32 Å². The fourth-order valence-corrected chi connectivity index (χ4v) is 1.67. The van der Waals surface area contributed by atoms with Crippen molar-refractivity contribution in [2.24, 2.45) is 0 Å². The molecule has 0 saturated heterocycles. The second-order valence-corrected chi connectivity index (χ2v) is 4.10. The zero-order chi connectivity index (χ0) is 13.1. The van der Waals surface area contributed by atoms with Crippen LogP contribution >= 0.6 is 12.6 Å². The van der Waals surface area contributed by atoms with Crippen LogP contribution in [0.25, 0.3) is 11.3 Å². The predicted molar refractivity (Wildman–Crippen MR) is 71.2 cm³/mol. The van der Waals surface area contributed by atoms with Gasteiger partial charge < -0.3 is 5.32 Å². The van der Waals surface area contributed by atoms with Gasteiger partial charge in [-0.3, -0.25) is 9.89 Å². The molecule has 94 valence electrons. The smallest absolute Gasteiger partial charge is 0.235 e. The largest absolute Gasteiger partial charge is 0.308 e. The Balaban J connectivity index is 2.30. The molecule has 2 aromatic rings. The van der Waals surface area contributed by atoms with Crippen LogP contribution in [0.15, 0.2) is 24.3 Å². The van der Waals surface area contributed by atoms with Crippen LogP contribution in [0.5, 0.6) is 0 Å². The van der Waals surface area contributed by atoms with Gasteiger partial charge in [0, 0.05) is 11.1 Å².